The molecule has 2 heterocycles. The van der Waals surface area contributed by atoms with E-state index in [9.17, 15) is 4.39 Å². The minimum absolute atomic E-state index is 0.238. The number of aryl methyl sites for hydroxylation is 1. The molecule has 0 spiro atoms. The molecule has 24 heavy (non-hydrogen) atoms. The summed E-state index contributed by atoms with van der Waals surface area (Å²) in [6.07, 6.45) is 1.75. The van der Waals surface area contributed by atoms with Crippen LogP contribution in [0.5, 0.6) is 0 Å². The van der Waals surface area contributed by atoms with Crippen molar-refractivity contribution < 1.29 is 4.39 Å². The lowest BCUT2D eigenvalue weighted by Gasteiger charge is -2.10. The van der Waals surface area contributed by atoms with Crippen molar-refractivity contribution >= 4 is 11.8 Å². The lowest BCUT2D eigenvalue weighted by Crippen LogP contribution is -2.08. The van der Waals surface area contributed by atoms with E-state index in [0.717, 1.165) is 22.8 Å². The zero-order valence-corrected chi connectivity index (χ0v) is 13.3. The van der Waals surface area contributed by atoms with E-state index in [-0.39, 0.29) is 5.82 Å². The van der Waals surface area contributed by atoms with Crippen LogP contribution < -0.4 is 10.6 Å². The highest BCUT2D eigenvalue weighted by molar-refractivity contribution is 5.43. The van der Waals surface area contributed by atoms with Crippen LogP contribution in [0.25, 0.3) is 0 Å². The summed E-state index contributed by atoms with van der Waals surface area (Å²) in [7, 11) is 0. The van der Waals surface area contributed by atoms with E-state index in [2.05, 4.69) is 25.6 Å². The maximum absolute atomic E-state index is 12.9. The van der Waals surface area contributed by atoms with Gasteiger partial charge < -0.3 is 10.6 Å². The third-order valence-corrected chi connectivity index (χ3v) is 3.39. The van der Waals surface area contributed by atoms with Crippen LogP contribution in [0, 0.1) is 12.7 Å². The Kier molecular flexibility index (Phi) is 4.96. The van der Waals surface area contributed by atoms with Gasteiger partial charge >= 0.3 is 0 Å². The van der Waals surface area contributed by atoms with E-state index in [0.29, 0.717) is 19.0 Å². The van der Waals surface area contributed by atoms with Gasteiger partial charge in [-0.15, -0.1) is 0 Å². The molecule has 0 amide bonds. The first-order valence-electron chi connectivity index (χ1n) is 7.67. The summed E-state index contributed by atoms with van der Waals surface area (Å²) in [5.41, 5.74) is 2.76. The molecular formula is C18H18FN5. The van der Waals surface area contributed by atoms with Crippen molar-refractivity contribution in [3.8, 4) is 0 Å². The molecule has 0 aliphatic carbocycles. The van der Waals surface area contributed by atoms with Gasteiger partial charge in [0.1, 0.15) is 11.6 Å². The second-order valence-corrected chi connectivity index (χ2v) is 5.37. The lowest BCUT2D eigenvalue weighted by atomic mass is 10.2. The number of anilines is 2. The standard InChI is InChI=1S/C18H18FN5/c1-13-10-17(21-11-14-5-7-15(19)8-6-14)24-18(23-13)22-12-16-4-2-3-9-20-16/h2-10H,11-12H2,1H3,(H2,21,22,23,24). The minimum Gasteiger partial charge on any atom is -0.366 e. The predicted molar refractivity (Wildman–Crippen MR) is 92.1 cm³/mol. The normalized spacial score (nSPS) is 10.4. The van der Waals surface area contributed by atoms with Crippen molar-refractivity contribution in [2.24, 2.45) is 0 Å². The van der Waals surface area contributed by atoms with Crippen LogP contribution in [0.1, 0.15) is 17.0 Å². The molecule has 0 unspecified atom stereocenters. The van der Waals surface area contributed by atoms with Crippen LogP contribution in [0.4, 0.5) is 16.2 Å². The second kappa shape index (κ2) is 7.50. The Labute approximate surface area is 140 Å². The van der Waals surface area contributed by atoms with Gasteiger partial charge in [-0.1, -0.05) is 18.2 Å². The fourth-order valence-electron chi connectivity index (χ4n) is 2.21. The molecule has 2 N–H and O–H groups in total. The summed E-state index contributed by atoms with van der Waals surface area (Å²) in [5.74, 6) is 1.02. The first-order valence-corrected chi connectivity index (χ1v) is 7.67. The highest BCUT2D eigenvalue weighted by Gasteiger charge is 2.03. The van der Waals surface area contributed by atoms with Gasteiger partial charge in [0.15, 0.2) is 0 Å². The van der Waals surface area contributed by atoms with E-state index in [4.69, 9.17) is 0 Å². The number of pyridine rings is 1. The maximum atomic E-state index is 12.9. The fraction of sp³-hybridized carbons (Fsp3) is 0.167. The Bertz CT molecular complexity index is 790. The van der Waals surface area contributed by atoms with Crippen LogP contribution in [-0.2, 0) is 13.1 Å². The summed E-state index contributed by atoms with van der Waals surface area (Å²) in [4.78, 5) is 13.1. The molecule has 0 saturated heterocycles. The quantitative estimate of drug-likeness (QED) is 0.726. The maximum Gasteiger partial charge on any atom is 0.225 e. The third kappa shape index (κ3) is 4.49. The average Bonchev–Trinajstić information content (AvgIpc) is 2.60. The van der Waals surface area contributed by atoms with Crippen LogP contribution in [0.2, 0.25) is 0 Å². The van der Waals surface area contributed by atoms with Crippen molar-refractivity contribution in [1.29, 1.82) is 0 Å². The Morgan fingerprint density at radius 2 is 1.79 bits per heavy atom. The number of nitrogens with zero attached hydrogens (tertiary/aromatic N) is 3. The highest BCUT2D eigenvalue weighted by Crippen LogP contribution is 2.12. The van der Waals surface area contributed by atoms with Crippen LogP contribution in [-0.4, -0.2) is 15.0 Å². The van der Waals surface area contributed by atoms with Crippen molar-refractivity contribution in [2.75, 3.05) is 10.6 Å². The zero-order valence-electron chi connectivity index (χ0n) is 13.3. The number of benzene rings is 1. The number of nitrogens with one attached hydrogen (secondary N) is 2. The lowest BCUT2D eigenvalue weighted by molar-refractivity contribution is 0.627. The van der Waals surface area contributed by atoms with E-state index >= 15 is 0 Å². The van der Waals surface area contributed by atoms with Crippen molar-refractivity contribution in [2.45, 2.75) is 20.0 Å². The summed E-state index contributed by atoms with van der Waals surface area (Å²) in [5, 5.41) is 6.40. The van der Waals surface area contributed by atoms with Crippen LogP contribution in [0.15, 0.2) is 54.7 Å². The summed E-state index contributed by atoms with van der Waals surface area (Å²) in [6, 6.07) is 14.0. The van der Waals surface area contributed by atoms with E-state index < -0.39 is 0 Å². The summed E-state index contributed by atoms with van der Waals surface area (Å²) < 4.78 is 12.9. The topological polar surface area (TPSA) is 62.7 Å². The van der Waals surface area contributed by atoms with Gasteiger partial charge in [-0.2, -0.15) is 4.98 Å². The second-order valence-electron chi connectivity index (χ2n) is 5.37. The highest BCUT2D eigenvalue weighted by atomic mass is 19.1. The molecule has 0 aliphatic rings. The van der Waals surface area contributed by atoms with E-state index in [1.165, 1.54) is 12.1 Å². The number of hydrogen-bond donors (Lipinski definition) is 2. The molecule has 0 bridgehead atoms. The van der Waals surface area contributed by atoms with Crippen LogP contribution in [0.3, 0.4) is 0 Å². The van der Waals surface area contributed by atoms with Gasteiger partial charge in [-0.05, 0) is 36.8 Å². The summed E-state index contributed by atoms with van der Waals surface area (Å²) in [6.45, 7) is 3.04. The van der Waals surface area contributed by atoms with Crippen molar-refractivity contribution in [1.82, 2.24) is 15.0 Å². The number of rotatable bonds is 6. The van der Waals surface area contributed by atoms with Gasteiger partial charge in [-0.25, -0.2) is 9.37 Å². The molecule has 122 valence electrons. The largest absolute Gasteiger partial charge is 0.366 e. The van der Waals surface area contributed by atoms with Crippen LogP contribution >= 0.6 is 0 Å². The summed E-state index contributed by atoms with van der Waals surface area (Å²) >= 11 is 0. The molecule has 3 rings (SSSR count). The number of halogens is 1. The molecular weight excluding hydrogens is 305 g/mol. The molecule has 0 fully saturated rings. The Hall–Kier alpha value is -3.02. The van der Waals surface area contributed by atoms with E-state index in [1.54, 1.807) is 18.3 Å². The van der Waals surface area contributed by atoms with Gasteiger partial charge in [0.25, 0.3) is 0 Å². The van der Waals surface area contributed by atoms with Gasteiger partial charge in [0.05, 0.1) is 12.2 Å². The Balaban J connectivity index is 1.63. The number of hydrogen-bond acceptors (Lipinski definition) is 5. The smallest absolute Gasteiger partial charge is 0.225 e. The fourth-order valence-corrected chi connectivity index (χ4v) is 2.21. The van der Waals surface area contributed by atoms with Gasteiger partial charge in [-0.3, -0.25) is 4.98 Å². The third-order valence-electron chi connectivity index (χ3n) is 3.39. The molecule has 0 saturated carbocycles. The SMILES string of the molecule is Cc1cc(NCc2ccc(F)cc2)nc(NCc2ccccn2)n1. The molecule has 0 aliphatic heterocycles. The van der Waals surface area contributed by atoms with E-state index in [1.807, 2.05) is 31.2 Å². The molecule has 3 aromatic rings. The molecule has 5 nitrogen and oxygen atoms in total. The van der Waals surface area contributed by atoms with Gasteiger partial charge in [0.2, 0.25) is 5.95 Å². The molecule has 0 atom stereocenters. The van der Waals surface area contributed by atoms with Crippen molar-refractivity contribution in [3.05, 3.63) is 77.5 Å². The first kappa shape index (κ1) is 15.9. The Morgan fingerprint density at radius 1 is 0.958 bits per heavy atom. The minimum atomic E-state index is -0.238. The molecule has 0 radical (unpaired) electrons. The Morgan fingerprint density at radius 3 is 2.54 bits per heavy atom. The molecule has 2 aromatic heterocycles. The van der Waals surface area contributed by atoms with Gasteiger partial charge in [0, 0.05) is 24.5 Å². The predicted octanol–water partition coefficient (Wildman–Crippen LogP) is 3.54. The first-order chi connectivity index (χ1) is 11.7. The monoisotopic (exact) mass is 323 g/mol. The number of aromatic nitrogens is 3. The molecule has 6 heteroatoms. The zero-order chi connectivity index (χ0) is 16.8. The molecule has 1 aromatic carbocycles. The average molecular weight is 323 g/mol. The van der Waals surface area contributed by atoms with Crippen molar-refractivity contribution in [3.63, 3.8) is 0 Å².